The fourth-order valence-corrected chi connectivity index (χ4v) is 2.65. The maximum absolute atomic E-state index is 3.56. The molecule has 2 heteroatoms. The molecule has 0 fully saturated rings. The van der Waals surface area contributed by atoms with Gasteiger partial charge in [0, 0.05) is 22.2 Å². The van der Waals surface area contributed by atoms with Gasteiger partial charge in [-0.1, -0.05) is 24.6 Å². The fourth-order valence-electron chi connectivity index (χ4n) is 1.54. The van der Waals surface area contributed by atoms with E-state index >= 15 is 0 Å². The molecular formula is C15H25NS. The van der Waals surface area contributed by atoms with E-state index in [1.807, 2.05) is 11.8 Å². The van der Waals surface area contributed by atoms with Gasteiger partial charge in [-0.25, -0.2) is 0 Å². The van der Waals surface area contributed by atoms with Crippen molar-refractivity contribution in [2.24, 2.45) is 0 Å². The molecule has 0 saturated carbocycles. The summed E-state index contributed by atoms with van der Waals surface area (Å²) >= 11 is 1.96. The Morgan fingerprint density at radius 1 is 1.24 bits per heavy atom. The molecule has 0 aromatic heterocycles. The smallest absolute Gasteiger partial charge is 0.0191 e. The van der Waals surface area contributed by atoms with Crippen LogP contribution in [0.1, 0.15) is 38.8 Å². The minimum absolute atomic E-state index is 0.205. The van der Waals surface area contributed by atoms with E-state index in [-0.39, 0.29) is 5.54 Å². The molecule has 0 spiro atoms. The summed E-state index contributed by atoms with van der Waals surface area (Å²) in [5.41, 5.74) is 2.92. The first kappa shape index (κ1) is 14.6. The van der Waals surface area contributed by atoms with Crippen molar-refractivity contribution in [3.05, 3.63) is 29.3 Å². The van der Waals surface area contributed by atoms with E-state index in [1.165, 1.54) is 16.0 Å². The molecule has 0 bridgehead atoms. The number of hydrogen-bond acceptors (Lipinski definition) is 2. The molecule has 96 valence electrons. The first-order valence-electron chi connectivity index (χ1n) is 6.27. The molecule has 0 saturated heterocycles. The number of aryl methyl sites for hydroxylation is 2. The second-order valence-corrected chi connectivity index (χ2v) is 7.31. The van der Waals surface area contributed by atoms with Crippen molar-refractivity contribution in [3.8, 4) is 0 Å². The van der Waals surface area contributed by atoms with Crippen molar-refractivity contribution in [3.63, 3.8) is 0 Å². The Kier molecular flexibility index (Phi) is 5.08. The van der Waals surface area contributed by atoms with Crippen molar-refractivity contribution in [2.75, 3.05) is 6.54 Å². The molecule has 1 N–H and O–H groups in total. The predicted molar refractivity (Wildman–Crippen MR) is 79.0 cm³/mol. The van der Waals surface area contributed by atoms with Gasteiger partial charge in [-0.05, 0) is 46.2 Å². The zero-order valence-electron chi connectivity index (χ0n) is 11.9. The van der Waals surface area contributed by atoms with Gasteiger partial charge in [0.25, 0.3) is 0 Å². The van der Waals surface area contributed by atoms with Crippen molar-refractivity contribution in [2.45, 2.75) is 57.2 Å². The summed E-state index contributed by atoms with van der Waals surface area (Å²) in [5, 5.41) is 4.15. The van der Waals surface area contributed by atoms with Crippen molar-refractivity contribution >= 4 is 11.8 Å². The Morgan fingerprint density at radius 2 is 1.88 bits per heavy atom. The van der Waals surface area contributed by atoms with Gasteiger partial charge in [-0.3, -0.25) is 0 Å². The largest absolute Gasteiger partial charge is 0.311 e. The van der Waals surface area contributed by atoms with Crippen LogP contribution in [0.5, 0.6) is 0 Å². The molecule has 0 heterocycles. The first-order valence-corrected chi connectivity index (χ1v) is 7.15. The Hall–Kier alpha value is -0.470. The lowest BCUT2D eigenvalue weighted by Crippen LogP contribution is -2.39. The van der Waals surface area contributed by atoms with Crippen LogP contribution in [0.15, 0.2) is 23.1 Å². The van der Waals surface area contributed by atoms with E-state index in [0.29, 0.717) is 5.25 Å². The average Bonchev–Trinajstić information content (AvgIpc) is 2.20. The minimum atomic E-state index is 0.205. The summed E-state index contributed by atoms with van der Waals surface area (Å²) in [4.78, 5) is 1.41. The monoisotopic (exact) mass is 251 g/mol. The SMILES string of the molecule is Cc1ccc(C)c(SC(C)CNC(C)(C)C)c1. The second-order valence-electron chi connectivity index (χ2n) is 5.83. The summed E-state index contributed by atoms with van der Waals surface area (Å²) in [7, 11) is 0. The van der Waals surface area contributed by atoms with E-state index in [1.54, 1.807) is 0 Å². The van der Waals surface area contributed by atoms with Gasteiger partial charge in [-0.2, -0.15) is 0 Å². The Morgan fingerprint density at radius 3 is 2.47 bits per heavy atom. The molecule has 1 unspecified atom stereocenters. The van der Waals surface area contributed by atoms with Crippen LogP contribution in [0.4, 0.5) is 0 Å². The van der Waals surface area contributed by atoms with E-state index in [0.717, 1.165) is 6.54 Å². The van der Waals surface area contributed by atoms with Crippen molar-refractivity contribution in [1.82, 2.24) is 5.32 Å². The van der Waals surface area contributed by atoms with Gasteiger partial charge in [0.05, 0.1) is 0 Å². The molecule has 1 atom stereocenters. The number of rotatable bonds is 4. The summed E-state index contributed by atoms with van der Waals surface area (Å²) in [6.07, 6.45) is 0. The number of hydrogen-bond donors (Lipinski definition) is 1. The highest BCUT2D eigenvalue weighted by Gasteiger charge is 2.12. The van der Waals surface area contributed by atoms with Gasteiger partial charge in [-0.15, -0.1) is 11.8 Å². The standard InChI is InChI=1S/C15H25NS/c1-11-7-8-12(2)14(9-11)17-13(3)10-16-15(4,5)6/h7-9,13,16H,10H2,1-6H3. The van der Waals surface area contributed by atoms with Gasteiger partial charge in [0.15, 0.2) is 0 Å². The highest BCUT2D eigenvalue weighted by molar-refractivity contribution is 8.00. The van der Waals surface area contributed by atoms with Gasteiger partial charge < -0.3 is 5.32 Å². The second kappa shape index (κ2) is 5.92. The van der Waals surface area contributed by atoms with Crippen LogP contribution in [0.2, 0.25) is 0 Å². The molecule has 0 radical (unpaired) electrons. The molecule has 0 amide bonds. The number of nitrogens with one attached hydrogen (secondary N) is 1. The normalized spacial score (nSPS) is 13.8. The fraction of sp³-hybridized carbons (Fsp3) is 0.600. The Balaban J connectivity index is 2.56. The minimum Gasteiger partial charge on any atom is -0.311 e. The molecule has 1 aromatic carbocycles. The third-order valence-electron chi connectivity index (χ3n) is 2.59. The summed E-state index contributed by atoms with van der Waals surface area (Å²) in [6.45, 7) is 14.3. The molecular weight excluding hydrogens is 226 g/mol. The maximum atomic E-state index is 3.56. The lowest BCUT2D eigenvalue weighted by molar-refractivity contribution is 0.429. The van der Waals surface area contributed by atoms with E-state index in [9.17, 15) is 0 Å². The molecule has 1 rings (SSSR count). The Bertz CT molecular complexity index is 366. The molecule has 1 aromatic rings. The van der Waals surface area contributed by atoms with E-state index < -0.39 is 0 Å². The van der Waals surface area contributed by atoms with E-state index in [4.69, 9.17) is 0 Å². The quantitative estimate of drug-likeness (QED) is 0.806. The van der Waals surface area contributed by atoms with Crippen molar-refractivity contribution in [1.29, 1.82) is 0 Å². The highest BCUT2D eigenvalue weighted by atomic mass is 32.2. The predicted octanol–water partition coefficient (Wildman–Crippen LogP) is 4.17. The molecule has 0 aliphatic rings. The molecule has 17 heavy (non-hydrogen) atoms. The lowest BCUT2D eigenvalue weighted by atomic mass is 10.1. The van der Waals surface area contributed by atoms with Crippen LogP contribution >= 0.6 is 11.8 Å². The summed E-state index contributed by atoms with van der Waals surface area (Å²) in [6, 6.07) is 6.67. The third-order valence-corrected chi connectivity index (χ3v) is 3.85. The van der Waals surface area contributed by atoms with Gasteiger partial charge >= 0.3 is 0 Å². The molecule has 1 nitrogen and oxygen atoms in total. The van der Waals surface area contributed by atoms with Crippen LogP contribution in [0.25, 0.3) is 0 Å². The third kappa shape index (κ3) is 5.60. The van der Waals surface area contributed by atoms with Crippen LogP contribution in [-0.4, -0.2) is 17.3 Å². The van der Waals surface area contributed by atoms with Crippen LogP contribution < -0.4 is 5.32 Å². The maximum Gasteiger partial charge on any atom is 0.0191 e. The first-order chi connectivity index (χ1) is 7.78. The van der Waals surface area contributed by atoms with E-state index in [2.05, 4.69) is 65.1 Å². The number of benzene rings is 1. The van der Waals surface area contributed by atoms with Crippen LogP contribution in [-0.2, 0) is 0 Å². The van der Waals surface area contributed by atoms with Crippen molar-refractivity contribution < 1.29 is 0 Å². The summed E-state index contributed by atoms with van der Waals surface area (Å²) < 4.78 is 0. The zero-order chi connectivity index (χ0) is 13.1. The topological polar surface area (TPSA) is 12.0 Å². The van der Waals surface area contributed by atoms with Gasteiger partial charge in [0.1, 0.15) is 0 Å². The number of thioether (sulfide) groups is 1. The van der Waals surface area contributed by atoms with Crippen LogP contribution in [0.3, 0.4) is 0 Å². The zero-order valence-corrected chi connectivity index (χ0v) is 12.7. The molecule has 0 aliphatic heterocycles. The average molecular weight is 251 g/mol. The Labute approximate surface area is 110 Å². The van der Waals surface area contributed by atoms with Gasteiger partial charge in [0.2, 0.25) is 0 Å². The lowest BCUT2D eigenvalue weighted by Gasteiger charge is -2.23. The highest BCUT2D eigenvalue weighted by Crippen LogP contribution is 2.27. The summed E-state index contributed by atoms with van der Waals surface area (Å²) in [5.74, 6) is 0. The molecule has 0 aliphatic carbocycles. The van der Waals surface area contributed by atoms with Crippen LogP contribution in [0, 0.1) is 13.8 Å².